The van der Waals surface area contributed by atoms with Gasteiger partial charge in [-0.25, -0.2) is 4.98 Å². The molecule has 2 aliphatic rings. The Kier molecular flexibility index (Phi) is 2.36. The Bertz CT molecular complexity index is 1050. The fraction of sp³-hybridized carbons (Fsp3) is 0.286. The molecule has 0 radical (unpaired) electrons. The summed E-state index contributed by atoms with van der Waals surface area (Å²) >= 11 is 0. The summed E-state index contributed by atoms with van der Waals surface area (Å²) in [4.78, 5) is 4.96. The van der Waals surface area contributed by atoms with E-state index in [0.29, 0.717) is 0 Å². The second-order valence-electron chi connectivity index (χ2n) is 7.10. The van der Waals surface area contributed by atoms with Crippen LogP contribution < -0.4 is 0 Å². The van der Waals surface area contributed by atoms with E-state index in [1.54, 1.807) is 0 Å². The Labute approximate surface area is 136 Å². The van der Waals surface area contributed by atoms with Gasteiger partial charge in [0.25, 0.3) is 0 Å². The van der Waals surface area contributed by atoms with Crippen molar-refractivity contribution in [2.75, 3.05) is 0 Å². The number of rotatable bonds is 0. The van der Waals surface area contributed by atoms with Crippen molar-refractivity contribution >= 4 is 16.6 Å². The van der Waals surface area contributed by atoms with Crippen LogP contribution in [0.25, 0.3) is 22.3 Å². The van der Waals surface area contributed by atoms with Gasteiger partial charge in [-0.15, -0.1) is 0 Å². The zero-order valence-corrected chi connectivity index (χ0v) is 14.1. The van der Waals surface area contributed by atoms with Gasteiger partial charge in [0.05, 0.1) is 16.7 Å². The zero-order valence-electron chi connectivity index (χ0n) is 14.1. The highest BCUT2D eigenvalue weighted by molar-refractivity contribution is 5.96. The Morgan fingerprint density at radius 3 is 2.52 bits per heavy atom. The molecule has 0 unspecified atom stereocenters. The number of aryl methyl sites for hydroxylation is 1. The van der Waals surface area contributed by atoms with Gasteiger partial charge in [-0.1, -0.05) is 23.8 Å². The van der Waals surface area contributed by atoms with Crippen molar-refractivity contribution in [3.05, 3.63) is 63.5 Å². The van der Waals surface area contributed by atoms with E-state index < -0.39 is 0 Å². The summed E-state index contributed by atoms with van der Waals surface area (Å²) in [6.45, 7) is 8.96. The van der Waals surface area contributed by atoms with Gasteiger partial charge >= 0.3 is 0 Å². The summed E-state index contributed by atoms with van der Waals surface area (Å²) < 4.78 is 2.44. The van der Waals surface area contributed by atoms with Crippen LogP contribution in [0.1, 0.15) is 47.5 Å². The van der Waals surface area contributed by atoms with E-state index in [1.165, 1.54) is 56.0 Å². The van der Waals surface area contributed by atoms with Gasteiger partial charge in [0.2, 0.25) is 0 Å². The van der Waals surface area contributed by atoms with Crippen molar-refractivity contribution < 1.29 is 0 Å². The van der Waals surface area contributed by atoms with Crippen molar-refractivity contribution in [2.45, 2.75) is 40.5 Å². The fourth-order valence-electron chi connectivity index (χ4n) is 4.29. The lowest BCUT2D eigenvalue weighted by Crippen LogP contribution is -1.99. The largest absolute Gasteiger partial charge is 0.295 e. The van der Waals surface area contributed by atoms with Crippen LogP contribution >= 0.6 is 0 Å². The maximum Gasteiger partial charge on any atom is 0.119 e. The molecule has 0 N–H and O–H groups in total. The number of hydrogen-bond acceptors (Lipinski definition) is 1. The first-order valence-electron chi connectivity index (χ1n) is 8.35. The second kappa shape index (κ2) is 4.14. The maximum atomic E-state index is 4.96. The minimum absolute atomic E-state index is 0.946. The second-order valence-corrected chi connectivity index (χ2v) is 7.10. The summed E-state index contributed by atoms with van der Waals surface area (Å²) in [5.74, 6) is 1.19. The average molecular weight is 300 g/mol. The van der Waals surface area contributed by atoms with E-state index in [0.717, 1.165) is 18.4 Å². The van der Waals surface area contributed by atoms with Crippen LogP contribution in [0, 0.1) is 13.8 Å². The summed E-state index contributed by atoms with van der Waals surface area (Å²) in [6.07, 6.45) is 2.03. The van der Waals surface area contributed by atoms with Crippen LogP contribution in [0.3, 0.4) is 0 Å². The first-order valence-corrected chi connectivity index (χ1v) is 8.35. The fourth-order valence-corrected chi connectivity index (χ4v) is 4.29. The third-order valence-corrected chi connectivity index (χ3v) is 5.80. The number of nitrogens with zero attached hydrogens (tertiary/aromatic N) is 2. The standard InChI is InChI=1S/C21H20N2/c1-11-5-6-16-10-18-22-17-8-7-15-9-12(2)13(3)19(15)21(17)23(18)20(16)14(11)4/h5-8H,9-10H2,1-4H3. The number of aromatic nitrogens is 2. The van der Waals surface area contributed by atoms with Crippen LogP contribution in [0.5, 0.6) is 0 Å². The quantitative estimate of drug-likeness (QED) is 0.452. The summed E-state index contributed by atoms with van der Waals surface area (Å²) in [7, 11) is 0. The molecule has 2 heteroatoms. The molecule has 2 aromatic carbocycles. The topological polar surface area (TPSA) is 17.8 Å². The van der Waals surface area contributed by atoms with Gasteiger partial charge in [-0.2, -0.15) is 0 Å². The molecule has 0 spiro atoms. The molecule has 1 aliphatic carbocycles. The summed E-state index contributed by atoms with van der Waals surface area (Å²) in [5.41, 5.74) is 13.8. The molecule has 5 rings (SSSR count). The highest BCUT2D eigenvalue weighted by Gasteiger charge is 2.29. The number of imidazole rings is 1. The molecule has 1 aliphatic heterocycles. The summed E-state index contributed by atoms with van der Waals surface area (Å²) in [5, 5.41) is 0. The Morgan fingerprint density at radius 2 is 1.70 bits per heavy atom. The lowest BCUT2D eigenvalue weighted by Gasteiger charge is -2.13. The Morgan fingerprint density at radius 1 is 0.913 bits per heavy atom. The van der Waals surface area contributed by atoms with Crippen molar-refractivity contribution in [1.29, 1.82) is 0 Å². The molecular weight excluding hydrogens is 280 g/mol. The number of fused-ring (bicyclic) bond motifs is 7. The third kappa shape index (κ3) is 1.51. The first-order chi connectivity index (χ1) is 11.1. The Hall–Kier alpha value is -2.35. The van der Waals surface area contributed by atoms with E-state index in [1.807, 2.05) is 0 Å². The van der Waals surface area contributed by atoms with Crippen molar-refractivity contribution in [2.24, 2.45) is 0 Å². The molecule has 0 bridgehead atoms. The molecule has 114 valence electrons. The lowest BCUT2D eigenvalue weighted by atomic mass is 10.0. The molecular formula is C21H20N2. The van der Waals surface area contributed by atoms with Crippen LogP contribution in [-0.4, -0.2) is 9.55 Å². The van der Waals surface area contributed by atoms with Gasteiger partial charge in [0, 0.05) is 12.0 Å². The van der Waals surface area contributed by atoms with Gasteiger partial charge in [-0.05, 0) is 68.0 Å². The highest BCUT2D eigenvalue weighted by atomic mass is 15.1. The predicted molar refractivity (Wildman–Crippen MR) is 95.3 cm³/mol. The van der Waals surface area contributed by atoms with Crippen LogP contribution in [0.2, 0.25) is 0 Å². The average Bonchev–Trinajstić information content (AvgIpc) is 3.14. The molecule has 0 saturated carbocycles. The highest BCUT2D eigenvalue weighted by Crippen LogP contribution is 2.42. The van der Waals surface area contributed by atoms with Crippen molar-refractivity contribution in [3.63, 3.8) is 0 Å². The van der Waals surface area contributed by atoms with Crippen molar-refractivity contribution in [3.8, 4) is 5.69 Å². The van der Waals surface area contributed by atoms with E-state index in [4.69, 9.17) is 4.98 Å². The van der Waals surface area contributed by atoms with Crippen LogP contribution in [0.15, 0.2) is 29.8 Å². The molecule has 2 heterocycles. The van der Waals surface area contributed by atoms with E-state index in [9.17, 15) is 0 Å². The SMILES string of the molecule is CC1=C(C)c2c(ccc3nc4n(c23)-c2c(ccc(C)c2C)C4)C1. The van der Waals surface area contributed by atoms with E-state index in [2.05, 4.69) is 56.5 Å². The van der Waals surface area contributed by atoms with Gasteiger partial charge in [0.1, 0.15) is 5.82 Å². The summed E-state index contributed by atoms with van der Waals surface area (Å²) in [6, 6.07) is 8.98. The molecule has 0 amide bonds. The molecule has 23 heavy (non-hydrogen) atoms. The number of benzene rings is 2. The van der Waals surface area contributed by atoms with Gasteiger partial charge < -0.3 is 0 Å². The van der Waals surface area contributed by atoms with Crippen LogP contribution in [0.4, 0.5) is 0 Å². The number of hydrogen-bond donors (Lipinski definition) is 0. The molecule has 2 nitrogen and oxygen atoms in total. The molecule has 0 fully saturated rings. The third-order valence-electron chi connectivity index (χ3n) is 5.80. The normalized spacial score (nSPS) is 15.3. The van der Waals surface area contributed by atoms with Gasteiger partial charge in [0.15, 0.2) is 0 Å². The number of allylic oxidation sites excluding steroid dienone is 2. The van der Waals surface area contributed by atoms with E-state index in [-0.39, 0.29) is 0 Å². The monoisotopic (exact) mass is 300 g/mol. The molecule has 3 aromatic rings. The molecule has 0 atom stereocenters. The zero-order chi connectivity index (χ0) is 15.9. The van der Waals surface area contributed by atoms with Crippen LogP contribution in [-0.2, 0) is 12.8 Å². The smallest absolute Gasteiger partial charge is 0.119 e. The molecule has 0 saturated heterocycles. The predicted octanol–water partition coefficient (Wildman–Crippen LogP) is 4.90. The minimum atomic E-state index is 0.946. The molecule has 1 aromatic heterocycles. The minimum Gasteiger partial charge on any atom is -0.295 e. The lowest BCUT2D eigenvalue weighted by molar-refractivity contribution is 1.01. The maximum absolute atomic E-state index is 4.96. The van der Waals surface area contributed by atoms with Gasteiger partial charge in [-0.3, -0.25) is 4.57 Å². The first kappa shape index (κ1) is 13.1. The Balaban J connectivity index is 1.95. The van der Waals surface area contributed by atoms with Crippen molar-refractivity contribution in [1.82, 2.24) is 9.55 Å². The van der Waals surface area contributed by atoms with E-state index >= 15 is 0 Å².